The van der Waals surface area contributed by atoms with Crippen LogP contribution >= 0.6 is 86.4 Å². The van der Waals surface area contributed by atoms with Crippen molar-refractivity contribution < 1.29 is 96.5 Å². The predicted molar refractivity (Wildman–Crippen MR) is 475 cm³/mol. The number of nitrogens with zero attached hydrogens (tertiary/aromatic N) is 1. The maximum absolute atomic E-state index is 15.6. The van der Waals surface area contributed by atoms with Crippen molar-refractivity contribution >= 4 is 142 Å². The van der Waals surface area contributed by atoms with Crippen LogP contribution in [0.4, 0.5) is 15.3 Å². The zero-order chi connectivity index (χ0) is 85.1. The number of unbranched alkanes of at least 4 members (excludes halogenated alkanes) is 7. The predicted octanol–water partition coefficient (Wildman–Crippen LogP) is 19.8. The van der Waals surface area contributed by atoms with E-state index in [9.17, 15) is 44.3 Å². The monoisotopic (exact) mass is 1790 g/mol. The number of nitrogens with one attached hydrogen (secondary N) is 1. The van der Waals surface area contributed by atoms with Crippen molar-refractivity contribution in [3.8, 4) is 5.75 Å². The van der Waals surface area contributed by atoms with Crippen LogP contribution in [-0.4, -0.2) is 188 Å². The first-order chi connectivity index (χ1) is 55.7. The van der Waals surface area contributed by atoms with E-state index in [1.54, 1.807) is 81.4 Å². The molecule has 5 saturated heterocycles. The van der Waals surface area contributed by atoms with Gasteiger partial charge in [-0.1, -0.05) is 221 Å². The number of carbonyl (C=O) groups excluding carboxylic acids is 6. The number of benzene rings is 3. The molecule has 23 nitrogen and oxygen atoms in total. The summed E-state index contributed by atoms with van der Waals surface area (Å²) in [7, 11) is 12.8. The van der Waals surface area contributed by atoms with Gasteiger partial charge in [-0.15, -0.1) is 0 Å². The molecule has 0 radical (unpaired) electrons. The van der Waals surface area contributed by atoms with Gasteiger partial charge in [-0.25, -0.2) is 14.4 Å². The van der Waals surface area contributed by atoms with Crippen LogP contribution in [0.1, 0.15) is 226 Å². The van der Waals surface area contributed by atoms with Gasteiger partial charge in [-0.3, -0.25) is 29.3 Å². The number of amides is 1. The van der Waals surface area contributed by atoms with Crippen LogP contribution in [-0.2, 0) is 52.0 Å². The number of nitro groups is 1. The van der Waals surface area contributed by atoms with Crippen molar-refractivity contribution in [3.63, 3.8) is 0 Å². The molecule has 5 unspecified atom stereocenters. The van der Waals surface area contributed by atoms with Crippen LogP contribution in [0, 0.1) is 32.8 Å². The first kappa shape index (κ1) is 98.1. The molecule has 652 valence electrons. The fourth-order valence-corrected chi connectivity index (χ4v) is 29.8. The molecule has 2 saturated carbocycles. The second-order valence-electron chi connectivity index (χ2n) is 33.6. The van der Waals surface area contributed by atoms with E-state index in [0.29, 0.717) is 53.6 Å². The van der Waals surface area contributed by atoms with Crippen molar-refractivity contribution in [1.82, 2.24) is 5.32 Å². The molecule has 3 aromatic rings. The molecule has 32 heteroatoms. The lowest BCUT2D eigenvalue weighted by molar-refractivity contribution is -0.384. The summed E-state index contributed by atoms with van der Waals surface area (Å²) in [5.41, 5.74) is -4.66. The summed E-state index contributed by atoms with van der Waals surface area (Å²) in [5, 5.41) is 59.4. The number of aliphatic carboxylic acids is 1. The molecule has 15 atom stereocenters. The largest absolute Gasteiger partial charge is 0.513 e. The lowest BCUT2D eigenvalue weighted by atomic mass is 9.44. The number of carbonyl (C=O) groups is 7. The third kappa shape index (κ3) is 27.4. The maximum atomic E-state index is 15.6. The van der Waals surface area contributed by atoms with Gasteiger partial charge in [-0.05, 0) is 150 Å². The Kier molecular flexibility index (Phi) is 39.4. The molecule has 3 aromatic carbocycles. The van der Waals surface area contributed by atoms with Crippen LogP contribution in [0.25, 0.3) is 0 Å². The highest BCUT2D eigenvalue weighted by Gasteiger charge is 2.77. The smallest absolute Gasteiger partial charge is 0.481 e. The number of ether oxygens (including phenoxy) is 7. The third-order valence-electron chi connectivity index (χ3n) is 24.0. The van der Waals surface area contributed by atoms with Crippen LogP contribution < -0.4 is 10.1 Å². The van der Waals surface area contributed by atoms with Gasteiger partial charge in [0.25, 0.3) is 11.6 Å². The zero-order valence-electron chi connectivity index (χ0n) is 69.7. The Hall–Kier alpha value is -4.29. The Morgan fingerprint density at radius 2 is 1.21 bits per heavy atom. The average Bonchev–Trinajstić information content (AvgIpc) is 1.11. The van der Waals surface area contributed by atoms with Crippen molar-refractivity contribution in [3.05, 3.63) is 117 Å². The van der Waals surface area contributed by atoms with Crippen LogP contribution in [0.5, 0.6) is 5.75 Å². The first-order valence-electron chi connectivity index (χ1n) is 41.3. The minimum absolute atomic E-state index is 0.0117. The van der Waals surface area contributed by atoms with E-state index in [-0.39, 0.29) is 43.3 Å². The number of carboxylic acid groups (broad SMARTS) is 1. The summed E-state index contributed by atoms with van der Waals surface area (Å²) in [6.45, 7) is 21.1. The summed E-state index contributed by atoms with van der Waals surface area (Å²) in [4.78, 5) is 104. The molecule has 8 aliphatic rings. The third-order valence-corrected chi connectivity index (χ3v) is 40.5. The minimum atomic E-state index is -2.97. The number of esters is 2. The SMILES string of the molecule is CC(=O)O[C@@]12COC1C[C@H](O)[C@@]1(C)C(=O)[C@H](C)C3=C(C)[C@@H](OC(=O)[C@H](OC(=O)OCCCCCC4CCSS4)[C@@H](NC(=O)c4ccccc4)c4ccccc4)C[C@@](O)([C@@H](O[Si](C)(C)C(C)(C)C)[C@@H]12)C3(C)C.O=C(O)CCCCC1CCSS1.O=C(OCCCCCC1CCSS1)Oc1ccc([N+](=O)[O-])cc1.OCCCCCC1CCSS1. The molecular weight excluding hydrogens is 1670 g/mol. The Balaban J connectivity index is 0.000000296. The number of non-ortho nitro benzene ring substituents is 1. The van der Waals surface area contributed by atoms with Gasteiger partial charge in [0, 0.05) is 112 Å². The van der Waals surface area contributed by atoms with E-state index in [1.807, 2.05) is 102 Å². The van der Waals surface area contributed by atoms with Gasteiger partial charge in [0.05, 0.1) is 42.4 Å². The van der Waals surface area contributed by atoms with Crippen molar-refractivity contribution in [2.24, 2.45) is 22.7 Å². The van der Waals surface area contributed by atoms with Crippen LogP contribution in [0.2, 0.25) is 18.1 Å². The number of fused-ring (bicyclic) bond motifs is 5. The molecule has 5 heterocycles. The highest BCUT2D eigenvalue weighted by atomic mass is 33.1. The number of hydrogen-bond donors (Lipinski definition) is 5. The molecule has 3 aliphatic carbocycles. The maximum Gasteiger partial charge on any atom is 0.513 e. The Morgan fingerprint density at radius 3 is 1.68 bits per heavy atom. The average molecular weight is 1790 g/mol. The first-order valence-corrected chi connectivity index (χ1v) is 53.7. The molecule has 5 N–H and O–H groups in total. The summed E-state index contributed by atoms with van der Waals surface area (Å²) < 4.78 is 47.9. The Morgan fingerprint density at radius 1 is 0.709 bits per heavy atom. The molecule has 1 amide bonds. The van der Waals surface area contributed by atoms with E-state index in [4.69, 9.17) is 47.8 Å². The van der Waals surface area contributed by atoms with Gasteiger partial charge < -0.3 is 63.3 Å². The molecule has 0 spiro atoms. The number of rotatable bonds is 34. The molecule has 117 heavy (non-hydrogen) atoms. The number of Topliss-reactive ketones (excluding diaryl/α,β-unsaturated/α-hetero) is 1. The molecule has 5 aliphatic heterocycles. The highest BCUT2D eigenvalue weighted by molar-refractivity contribution is 8.78. The van der Waals surface area contributed by atoms with Gasteiger partial charge in [0.1, 0.15) is 35.4 Å². The molecule has 11 rings (SSSR count). The van der Waals surface area contributed by atoms with Crippen molar-refractivity contribution in [1.29, 1.82) is 0 Å². The van der Waals surface area contributed by atoms with Gasteiger partial charge >= 0.3 is 30.2 Å². The van der Waals surface area contributed by atoms with E-state index >= 15 is 9.59 Å². The Bertz CT molecular complexity index is 3710. The van der Waals surface area contributed by atoms with E-state index in [2.05, 4.69) is 36.9 Å². The normalized spacial score (nSPS) is 27.5. The number of ketones is 1. The number of nitro benzene ring substituents is 1. The second-order valence-corrected chi connectivity index (χ2v) is 49.5. The van der Waals surface area contributed by atoms with E-state index in [1.165, 1.54) is 106 Å². The molecule has 2 bridgehead atoms. The highest BCUT2D eigenvalue weighted by Crippen LogP contribution is 2.66. The fraction of sp³-hybridized carbons (Fsp3) is 0.682. The topological polar surface area (TPSA) is 329 Å². The lowest BCUT2D eigenvalue weighted by Crippen LogP contribution is -2.81. The summed E-state index contributed by atoms with van der Waals surface area (Å²) in [6.07, 6.45) is 12.6. The molecule has 7 fully saturated rings. The standard InChI is InChI=1S/C54H75NO13S2Si.C15H19NO5S2.C8H14O2S2.C8H16OS2/c1-32-38(65-48(60)43(66-49(61)63-27-20-14-19-25-37-26-28-69-70-37)42(35-21-15-12-16-22-35)55-47(59)36-23-17-13-18-24-36)30-54(62)46(68-71(10,11)50(4,5)6)44-52(9,45(58)33(2)41(32)51(54,7)8)39(57)29-40-53(44,31-64-40)67-34(3)56;17-15(21-13-7-5-12(6-8-13)16(18)19)20-10-3-1-2-4-14-9-11-22-23-14;9-8(10)4-2-1-3-7-5-6-11-12-7;9-6-3-1-2-4-8-5-7-10-11-8/h12-13,15-18,21-24,33,37-40,42-44,46,57,62H,14,19-20,25-31H2,1-11H3,(H,55,59);5-8,14H,1-4,9-11H2;7H,1-6H2,(H,9,10);8-9H,1-7H2/t33-,37?,38+,39+,40?,42+,43-,44+,46+,52-,53+,54-;;;/m1.../s1. The fourth-order valence-electron chi connectivity index (χ4n) is 16.4. The number of aliphatic hydroxyl groups is 3. The van der Waals surface area contributed by atoms with Gasteiger partial charge in [0.15, 0.2) is 13.9 Å². The van der Waals surface area contributed by atoms with Crippen LogP contribution in [0.15, 0.2) is 96.1 Å². The zero-order valence-corrected chi connectivity index (χ0v) is 77.2. The summed E-state index contributed by atoms with van der Waals surface area (Å²) in [5.74, 6) is -0.0338. The van der Waals surface area contributed by atoms with Crippen LogP contribution in [0.3, 0.4) is 0 Å². The second kappa shape index (κ2) is 47.0. The minimum Gasteiger partial charge on any atom is -0.481 e. The summed E-state index contributed by atoms with van der Waals surface area (Å²) >= 11 is 0. The lowest BCUT2D eigenvalue weighted by Gasteiger charge is -2.69. The van der Waals surface area contributed by atoms with Crippen molar-refractivity contribution in [2.45, 2.75) is 290 Å². The van der Waals surface area contributed by atoms with Crippen molar-refractivity contribution in [2.75, 3.05) is 49.4 Å². The number of aliphatic hydroxyl groups excluding tert-OH is 2. The number of hydrogen-bond acceptors (Lipinski definition) is 28. The molecule has 0 aromatic heterocycles. The van der Waals surface area contributed by atoms with E-state index < -0.39 is 125 Å². The molecular formula is C85H124N2O21S8Si. The van der Waals surface area contributed by atoms with E-state index in [0.717, 1.165) is 79.3 Å². The Labute approximate surface area is 724 Å². The quantitative estimate of drug-likeness (QED) is 0.00427. The number of carboxylic acids is 1. The van der Waals surface area contributed by atoms with Gasteiger partial charge in [-0.2, -0.15) is 0 Å². The summed E-state index contributed by atoms with van der Waals surface area (Å²) in [6, 6.07) is 21.1. The van der Waals surface area contributed by atoms with Gasteiger partial charge in [0.2, 0.25) is 6.10 Å².